The number of anilines is 1. The highest BCUT2D eigenvalue weighted by Gasteiger charge is 1.96. The first-order valence-corrected chi connectivity index (χ1v) is 6.02. The molecule has 0 saturated carbocycles. The molecule has 0 fully saturated rings. The maximum absolute atomic E-state index is 5.54. The molecule has 0 aliphatic carbocycles. The van der Waals surface area contributed by atoms with Crippen LogP contribution in [0.25, 0.3) is 0 Å². The zero-order chi connectivity index (χ0) is 12.6. The average molecular weight is 243 g/mol. The molecular weight excluding hydrogens is 226 g/mol. The van der Waals surface area contributed by atoms with E-state index >= 15 is 0 Å². The summed E-state index contributed by atoms with van der Waals surface area (Å²) in [6.07, 6.45) is 5.23. The minimum atomic E-state index is 0.433. The molecule has 0 aliphatic heterocycles. The van der Waals surface area contributed by atoms with Gasteiger partial charge in [0, 0.05) is 6.61 Å². The fourth-order valence-electron chi connectivity index (χ4n) is 1.64. The van der Waals surface area contributed by atoms with Crippen molar-refractivity contribution in [2.24, 2.45) is 0 Å². The van der Waals surface area contributed by atoms with Crippen molar-refractivity contribution in [1.82, 2.24) is 9.97 Å². The highest BCUT2D eigenvalue weighted by molar-refractivity contribution is 5.22. The number of aryl methyl sites for hydroxylation is 1. The quantitative estimate of drug-likeness (QED) is 0.790. The first-order valence-electron chi connectivity index (χ1n) is 6.02. The Kier molecular flexibility index (Phi) is 4.67. The number of nitrogen functional groups attached to an aromatic ring is 1. The molecule has 2 aromatic rings. The number of hydrogen-bond donors (Lipinski definition) is 1. The molecule has 4 nitrogen and oxygen atoms in total. The van der Waals surface area contributed by atoms with Crippen molar-refractivity contribution in [2.75, 3.05) is 12.3 Å². The molecule has 2 rings (SSSR count). The number of nitrogens with zero attached hydrogens (tertiary/aromatic N) is 2. The largest absolute Gasteiger partial charge is 0.382 e. The minimum absolute atomic E-state index is 0.433. The maximum Gasteiger partial charge on any atom is 0.141 e. The molecule has 0 atom stereocenters. The predicted octanol–water partition coefficient (Wildman–Crippen LogP) is 2.21. The third-order valence-corrected chi connectivity index (χ3v) is 2.57. The molecule has 18 heavy (non-hydrogen) atoms. The fraction of sp³-hybridized carbons (Fsp3) is 0.286. The van der Waals surface area contributed by atoms with Gasteiger partial charge in [-0.15, -0.1) is 0 Å². The first-order chi connectivity index (χ1) is 8.84. The predicted molar refractivity (Wildman–Crippen MR) is 70.9 cm³/mol. The van der Waals surface area contributed by atoms with Crippen LogP contribution in [0.15, 0.2) is 42.7 Å². The Balaban J connectivity index is 1.63. The van der Waals surface area contributed by atoms with Gasteiger partial charge in [0.2, 0.25) is 0 Å². The molecule has 0 amide bonds. The van der Waals surface area contributed by atoms with Crippen LogP contribution in [0.3, 0.4) is 0 Å². The van der Waals surface area contributed by atoms with E-state index in [4.69, 9.17) is 10.5 Å². The summed E-state index contributed by atoms with van der Waals surface area (Å²) in [6, 6.07) is 10.4. The summed E-state index contributed by atoms with van der Waals surface area (Å²) in [5.74, 6) is 0.433. The van der Waals surface area contributed by atoms with Gasteiger partial charge in [-0.3, -0.25) is 4.98 Å². The fourth-order valence-corrected chi connectivity index (χ4v) is 1.64. The molecule has 2 N–H and O–H groups in total. The second-order valence-electron chi connectivity index (χ2n) is 4.07. The molecule has 0 saturated heterocycles. The molecule has 1 aromatic carbocycles. The SMILES string of the molecule is Nc1cnc(COCCCc2ccccc2)cn1. The van der Waals surface area contributed by atoms with Crippen molar-refractivity contribution < 1.29 is 4.74 Å². The van der Waals surface area contributed by atoms with E-state index in [0.717, 1.165) is 25.1 Å². The summed E-state index contributed by atoms with van der Waals surface area (Å²) in [7, 11) is 0. The van der Waals surface area contributed by atoms with Crippen LogP contribution in [0, 0.1) is 0 Å². The molecule has 94 valence electrons. The zero-order valence-electron chi connectivity index (χ0n) is 10.2. The van der Waals surface area contributed by atoms with Gasteiger partial charge in [0.1, 0.15) is 5.82 Å². The Morgan fingerprint density at radius 2 is 1.89 bits per heavy atom. The zero-order valence-corrected chi connectivity index (χ0v) is 10.2. The molecular formula is C14H17N3O. The molecule has 0 spiro atoms. The normalized spacial score (nSPS) is 10.4. The standard InChI is InChI=1S/C14H17N3O/c15-14-10-16-13(9-17-14)11-18-8-4-7-12-5-2-1-3-6-12/h1-3,5-6,9-10H,4,7-8,11H2,(H2,15,17). The molecule has 0 bridgehead atoms. The summed E-state index contributed by atoms with van der Waals surface area (Å²) < 4.78 is 5.54. The summed E-state index contributed by atoms with van der Waals surface area (Å²) in [4.78, 5) is 8.08. The monoisotopic (exact) mass is 243 g/mol. The van der Waals surface area contributed by atoms with Gasteiger partial charge in [0.15, 0.2) is 0 Å². The van der Waals surface area contributed by atoms with Crippen LogP contribution in [0.4, 0.5) is 5.82 Å². The molecule has 0 unspecified atom stereocenters. The van der Waals surface area contributed by atoms with Gasteiger partial charge in [-0.1, -0.05) is 30.3 Å². The second kappa shape index (κ2) is 6.71. The highest BCUT2D eigenvalue weighted by Crippen LogP contribution is 2.03. The van der Waals surface area contributed by atoms with Gasteiger partial charge >= 0.3 is 0 Å². The van der Waals surface area contributed by atoms with Crippen LogP contribution in [0.5, 0.6) is 0 Å². The average Bonchev–Trinajstić information content (AvgIpc) is 2.42. The lowest BCUT2D eigenvalue weighted by Gasteiger charge is -2.04. The van der Waals surface area contributed by atoms with Gasteiger partial charge in [-0.2, -0.15) is 0 Å². The third kappa shape index (κ3) is 4.14. The lowest BCUT2D eigenvalue weighted by molar-refractivity contribution is 0.116. The summed E-state index contributed by atoms with van der Waals surface area (Å²) in [5.41, 5.74) is 7.60. The highest BCUT2D eigenvalue weighted by atomic mass is 16.5. The van der Waals surface area contributed by atoms with Gasteiger partial charge in [-0.25, -0.2) is 4.98 Å². The Bertz CT molecular complexity index is 456. The van der Waals surface area contributed by atoms with Crippen molar-refractivity contribution in [3.05, 3.63) is 54.0 Å². The third-order valence-electron chi connectivity index (χ3n) is 2.57. The van der Waals surface area contributed by atoms with Crippen LogP contribution in [-0.2, 0) is 17.8 Å². The molecule has 0 aliphatic rings. The van der Waals surface area contributed by atoms with E-state index in [-0.39, 0.29) is 0 Å². The van der Waals surface area contributed by atoms with E-state index < -0.39 is 0 Å². The summed E-state index contributed by atoms with van der Waals surface area (Å²) >= 11 is 0. The van der Waals surface area contributed by atoms with Gasteiger partial charge in [-0.05, 0) is 18.4 Å². The number of ether oxygens (including phenoxy) is 1. The van der Waals surface area contributed by atoms with Crippen LogP contribution < -0.4 is 5.73 Å². The number of rotatable bonds is 6. The van der Waals surface area contributed by atoms with Crippen LogP contribution in [-0.4, -0.2) is 16.6 Å². The smallest absolute Gasteiger partial charge is 0.141 e. The molecule has 1 aromatic heterocycles. The van der Waals surface area contributed by atoms with E-state index in [1.165, 1.54) is 5.56 Å². The van der Waals surface area contributed by atoms with Crippen molar-refractivity contribution in [2.45, 2.75) is 19.4 Å². The van der Waals surface area contributed by atoms with Crippen molar-refractivity contribution in [3.63, 3.8) is 0 Å². The van der Waals surface area contributed by atoms with Gasteiger partial charge in [0.25, 0.3) is 0 Å². The van der Waals surface area contributed by atoms with Gasteiger partial charge < -0.3 is 10.5 Å². The summed E-state index contributed by atoms with van der Waals surface area (Å²) in [6.45, 7) is 1.21. The lowest BCUT2D eigenvalue weighted by Crippen LogP contribution is -2.01. The van der Waals surface area contributed by atoms with Crippen LogP contribution in [0.2, 0.25) is 0 Å². The minimum Gasteiger partial charge on any atom is -0.382 e. The first kappa shape index (κ1) is 12.5. The second-order valence-corrected chi connectivity index (χ2v) is 4.07. The summed E-state index contributed by atoms with van der Waals surface area (Å²) in [5, 5.41) is 0. The van der Waals surface area contributed by atoms with E-state index in [2.05, 4.69) is 34.2 Å². The Morgan fingerprint density at radius 1 is 1.06 bits per heavy atom. The van der Waals surface area contributed by atoms with Crippen molar-refractivity contribution in [1.29, 1.82) is 0 Å². The lowest BCUT2D eigenvalue weighted by atomic mass is 10.1. The van der Waals surface area contributed by atoms with E-state index in [1.807, 2.05) is 6.07 Å². The molecule has 0 radical (unpaired) electrons. The van der Waals surface area contributed by atoms with E-state index in [1.54, 1.807) is 12.4 Å². The Labute approximate surface area is 107 Å². The Hall–Kier alpha value is -1.94. The number of benzene rings is 1. The van der Waals surface area contributed by atoms with E-state index in [9.17, 15) is 0 Å². The van der Waals surface area contributed by atoms with Gasteiger partial charge in [0.05, 0.1) is 24.7 Å². The maximum atomic E-state index is 5.54. The van der Waals surface area contributed by atoms with Crippen molar-refractivity contribution >= 4 is 5.82 Å². The molecule has 1 heterocycles. The molecule has 4 heteroatoms. The number of nitrogens with two attached hydrogens (primary N) is 1. The number of hydrogen-bond acceptors (Lipinski definition) is 4. The van der Waals surface area contributed by atoms with Crippen LogP contribution >= 0.6 is 0 Å². The topological polar surface area (TPSA) is 61.0 Å². The van der Waals surface area contributed by atoms with Crippen LogP contribution in [0.1, 0.15) is 17.7 Å². The number of aromatic nitrogens is 2. The van der Waals surface area contributed by atoms with E-state index in [0.29, 0.717) is 12.4 Å². The Morgan fingerprint density at radius 3 is 2.61 bits per heavy atom. The van der Waals surface area contributed by atoms with Crippen molar-refractivity contribution in [3.8, 4) is 0 Å².